The summed E-state index contributed by atoms with van der Waals surface area (Å²) in [5.41, 5.74) is 1.28. The highest BCUT2D eigenvalue weighted by Gasteiger charge is 2.23. The van der Waals surface area contributed by atoms with E-state index >= 15 is 0 Å². The Hall–Kier alpha value is -1.65. The molecule has 0 amide bonds. The highest BCUT2D eigenvalue weighted by atomic mass is 79.9. The van der Waals surface area contributed by atoms with E-state index in [0.29, 0.717) is 23.5 Å². The van der Waals surface area contributed by atoms with Crippen LogP contribution in [-0.2, 0) is 4.74 Å². The van der Waals surface area contributed by atoms with Crippen LogP contribution in [0.15, 0.2) is 53.0 Å². The van der Waals surface area contributed by atoms with Crippen molar-refractivity contribution in [3.8, 4) is 5.75 Å². The van der Waals surface area contributed by atoms with Crippen LogP contribution < -0.4 is 4.74 Å². The Balaban J connectivity index is 1.78. The Morgan fingerprint density at radius 1 is 1.20 bits per heavy atom. The average Bonchev–Trinajstić information content (AvgIpc) is 3.29. The Bertz CT molecular complexity index is 635. The number of rotatable bonds is 5. The lowest BCUT2D eigenvalue weighted by molar-refractivity contribution is 0.103. The number of benzene rings is 2. The molecule has 102 valence electrons. The molecule has 0 aromatic heterocycles. The normalized spacial score (nSPS) is 16.8. The minimum absolute atomic E-state index is 0.0144. The van der Waals surface area contributed by atoms with Gasteiger partial charge in [-0.25, -0.2) is 0 Å². The van der Waals surface area contributed by atoms with E-state index in [9.17, 15) is 4.79 Å². The van der Waals surface area contributed by atoms with Crippen molar-refractivity contribution < 1.29 is 14.3 Å². The first-order valence-corrected chi connectivity index (χ1v) is 7.16. The monoisotopic (exact) mass is 332 g/mol. The third kappa shape index (κ3) is 3.26. The molecule has 2 aromatic carbocycles. The molecule has 1 atom stereocenters. The molecule has 0 spiro atoms. The van der Waals surface area contributed by atoms with E-state index in [2.05, 4.69) is 15.9 Å². The maximum absolute atomic E-state index is 12.4. The zero-order chi connectivity index (χ0) is 13.9. The lowest BCUT2D eigenvalue weighted by Gasteiger charge is -2.06. The molecule has 0 bridgehead atoms. The van der Waals surface area contributed by atoms with Crippen LogP contribution in [0.25, 0.3) is 0 Å². The summed E-state index contributed by atoms with van der Waals surface area (Å²) < 4.78 is 11.6. The summed E-state index contributed by atoms with van der Waals surface area (Å²) in [4.78, 5) is 12.4. The summed E-state index contributed by atoms with van der Waals surface area (Å²) in [5, 5.41) is 0. The number of hydrogen-bond donors (Lipinski definition) is 0. The van der Waals surface area contributed by atoms with Crippen LogP contribution in [0.3, 0.4) is 0 Å². The first-order valence-electron chi connectivity index (χ1n) is 6.37. The van der Waals surface area contributed by atoms with Gasteiger partial charge >= 0.3 is 0 Å². The zero-order valence-electron chi connectivity index (χ0n) is 10.7. The van der Waals surface area contributed by atoms with Crippen molar-refractivity contribution in [3.63, 3.8) is 0 Å². The van der Waals surface area contributed by atoms with Gasteiger partial charge < -0.3 is 9.47 Å². The van der Waals surface area contributed by atoms with E-state index in [1.165, 1.54) is 0 Å². The molecular formula is C16H13BrO3. The smallest absolute Gasteiger partial charge is 0.193 e. The highest BCUT2D eigenvalue weighted by Crippen LogP contribution is 2.20. The topological polar surface area (TPSA) is 38.8 Å². The fourth-order valence-electron chi connectivity index (χ4n) is 1.88. The van der Waals surface area contributed by atoms with Gasteiger partial charge in [0.1, 0.15) is 18.5 Å². The molecule has 3 rings (SSSR count). The molecule has 1 heterocycles. The van der Waals surface area contributed by atoms with Gasteiger partial charge in [-0.05, 0) is 24.3 Å². The quantitative estimate of drug-likeness (QED) is 0.621. The lowest BCUT2D eigenvalue weighted by Crippen LogP contribution is -2.06. The number of hydrogen-bond acceptors (Lipinski definition) is 3. The van der Waals surface area contributed by atoms with Crippen LogP contribution in [-0.4, -0.2) is 25.1 Å². The summed E-state index contributed by atoms with van der Waals surface area (Å²) in [7, 11) is 0. The van der Waals surface area contributed by atoms with Crippen molar-refractivity contribution >= 4 is 21.7 Å². The Morgan fingerprint density at radius 2 is 1.90 bits per heavy atom. The van der Waals surface area contributed by atoms with Crippen molar-refractivity contribution in [2.75, 3.05) is 13.2 Å². The minimum atomic E-state index is -0.0144. The standard InChI is InChI=1S/C16H13BrO3/c17-13-5-1-3-11(7-13)16(18)12-4-2-6-14(8-12)19-9-15-10-20-15/h1-8,15H,9-10H2. The zero-order valence-corrected chi connectivity index (χ0v) is 12.3. The van der Waals surface area contributed by atoms with E-state index in [0.717, 1.165) is 11.1 Å². The molecule has 20 heavy (non-hydrogen) atoms. The second-order valence-electron chi connectivity index (χ2n) is 4.63. The summed E-state index contributed by atoms with van der Waals surface area (Å²) in [5.74, 6) is 0.681. The largest absolute Gasteiger partial charge is 0.491 e. The fourth-order valence-corrected chi connectivity index (χ4v) is 2.28. The maximum Gasteiger partial charge on any atom is 0.193 e. The second-order valence-corrected chi connectivity index (χ2v) is 5.55. The third-order valence-electron chi connectivity index (χ3n) is 3.02. The molecule has 1 unspecified atom stereocenters. The van der Waals surface area contributed by atoms with Crippen molar-refractivity contribution in [3.05, 3.63) is 64.1 Å². The Labute approximate surface area is 125 Å². The molecular weight excluding hydrogens is 320 g/mol. The predicted molar refractivity (Wildman–Crippen MR) is 79.3 cm³/mol. The lowest BCUT2D eigenvalue weighted by atomic mass is 10.0. The molecule has 0 saturated carbocycles. The van der Waals surface area contributed by atoms with Crippen LogP contribution in [0, 0.1) is 0 Å². The molecule has 0 radical (unpaired) electrons. The minimum Gasteiger partial charge on any atom is -0.491 e. The van der Waals surface area contributed by atoms with Crippen molar-refractivity contribution in [2.45, 2.75) is 6.10 Å². The van der Waals surface area contributed by atoms with Crippen molar-refractivity contribution in [1.29, 1.82) is 0 Å². The van der Waals surface area contributed by atoms with E-state index in [1.54, 1.807) is 18.2 Å². The van der Waals surface area contributed by atoms with Crippen LogP contribution in [0.5, 0.6) is 5.75 Å². The molecule has 3 nitrogen and oxygen atoms in total. The first-order chi connectivity index (χ1) is 9.72. The molecule has 0 aliphatic carbocycles. The van der Waals surface area contributed by atoms with Gasteiger partial charge in [0, 0.05) is 15.6 Å². The number of ether oxygens (including phenoxy) is 2. The van der Waals surface area contributed by atoms with Gasteiger partial charge in [-0.2, -0.15) is 0 Å². The molecule has 2 aromatic rings. The van der Waals surface area contributed by atoms with Gasteiger partial charge in [0.25, 0.3) is 0 Å². The number of ketones is 1. The van der Waals surface area contributed by atoms with Gasteiger partial charge in [-0.3, -0.25) is 4.79 Å². The van der Waals surface area contributed by atoms with E-state index in [1.807, 2.05) is 30.3 Å². The first kappa shape index (κ1) is 13.3. The summed E-state index contributed by atoms with van der Waals surface area (Å²) in [6, 6.07) is 14.6. The molecule has 4 heteroatoms. The molecule has 1 aliphatic heterocycles. The SMILES string of the molecule is O=C(c1cccc(Br)c1)c1cccc(OCC2CO2)c1. The number of carbonyl (C=O) groups is 1. The van der Waals surface area contributed by atoms with E-state index in [-0.39, 0.29) is 11.9 Å². The molecule has 1 saturated heterocycles. The van der Waals surface area contributed by atoms with E-state index < -0.39 is 0 Å². The van der Waals surface area contributed by atoms with Gasteiger partial charge in [-0.15, -0.1) is 0 Å². The van der Waals surface area contributed by atoms with Gasteiger partial charge in [0.2, 0.25) is 0 Å². The summed E-state index contributed by atoms with van der Waals surface area (Å²) >= 11 is 3.37. The maximum atomic E-state index is 12.4. The second kappa shape index (κ2) is 5.77. The third-order valence-corrected chi connectivity index (χ3v) is 3.51. The average molecular weight is 333 g/mol. The molecule has 1 fully saturated rings. The highest BCUT2D eigenvalue weighted by molar-refractivity contribution is 9.10. The summed E-state index contributed by atoms with van der Waals surface area (Å²) in [6.45, 7) is 1.30. The van der Waals surface area contributed by atoms with Crippen LogP contribution in [0.1, 0.15) is 15.9 Å². The Kier molecular flexibility index (Phi) is 3.85. The molecule has 1 aliphatic rings. The van der Waals surface area contributed by atoms with Gasteiger partial charge in [0.05, 0.1) is 6.61 Å². The van der Waals surface area contributed by atoms with Crippen molar-refractivity contribution in [2.24, 2.45) is 0 Å². The number of carbonyl (C=O) groups excluding carboxylic acids is 1. The van der Waals surface area contributed by atoms with E-state index in [4.69, 9.17) is 9.47 Å². The van der Waals surface area contributed by atoms with Gasteiger partial charge in [0.15, 0.2) is 5.78 Å². The number of halogens is 1. The van der Waals surface area contributed by atoms with Crippen molar-refractivity contribution in [1.82, 2.24) is 0 Å². The summed E-state index contributed by atoms with van der Waals surface area (Å²) in [6.07, 6.45) is 0.208. The van der Waals surface area contributed by atoms with Crippen LogP contribution in [0.2, 0.25) is 0 Å². The Morgan fingerprint density at radius 3 is 2.60 bits per heavy atom. The molecule has 0 N–H and O–H groups in total. The number of epoxide rings is 1. The van der Waals surface area contributed by atoms with Crippen LogP contribution in [0.4, 0.5) is 0 Å². The van der Waals surface area contributed by atoms with Gasteiger partial charge in [-0.1, -0.05) is 40.2 Å². The predicted octanol–water partition coefficient (Wildman–Crippen LogP) is 3.46. The fraction of sp³-hybridized carbons (Fsp3) is 0.188. The van der Waals surface area contributed by atoms with Crippen LogP contribution >= 0.6 is 15.9 Å².